The number of amides is 1. The van der Waals surface area contributed by atoms with Gasteiger partial charge < -0.3 is 24.4 Å². The lowest BCUT2D eigenvalue weighted by Crippen LogP contribution is -2.37. The second-order valence-corrected chi connectivity index (χ2v) is 10.0. The first-order chi connectivity index (χ1) is 17.5. The molecule has 0 unspecified atom stereocenters. The highest BCUT2D eigenvalue weighted by atomic mass is 32.2. The van der Waals surface area contributed by atoms with Crippen molar-refractivity contribution < 1.29 is 19.0 Å². The van der Waals surface area contributed by atoms with Crippen LogP contribution in [0.15, 0.2) is 29.6 Å². The second kappa shape index (κ2) is 12.3. The van der Waals surface area contributed by atoms with E-state index in [1.807, 2.05) is 24.7 Å². The molecule has 0 saturated carbocycles. The molecule has 11 heteroatoms. The number of hydrogen-bond donors (Lipinski definition) is 1. The Morgan fingerprint density at radius 3 is 2.61 bits per heavy atom. The Bertz CT molecular complexity index is 1180. The number of carbonyl (C=O) groups excluding carboxylic acids is 1. The van der Waals surface area contributed by atoms with Crippen LogP contribution in [-0.4, -0.2) is 77.0 Å². The zero-order chi connectivity index (χ0) is 25.5. The SMILES string of the molecule is CCOc1ccc(C(=O)NCCn2ncc3c(N4CCOCC4)nc(SC(C)C)nc32)cc1OCC. The number of ether oxygens (including phenoxy) is 3. The van der Waals surface area contributed by atoms with Gasteiger partial charge in [0.05, 0.1) is 44.6 Å². The Morgan fingerprint density at radius 2 is 1.89 bits per heavy atom. The molecule has 4 rings (SSSR count). The number of fused-ring (bicyclic) bond motifs is 1. The standard InChI is InChI=1S/C25H34N6O4S/c1-5-34-20-8-7-18(15-21(20)35-6-2)24(32)26-9-10-31-23-19(16-27-31)22(30-11-13-33-14-12-30)28-25(29-23)36-17(3)4/h7-8,15-17H,5-6,9-14H2,1-4H3,(H,26,32). The summed E-state index contributed by atoms with van der Waals surface area (Å²) in [6.45, 7) is 12.9. The van der Waals surface area contributed by atoms with Crippen LogP contribution in [0.1, 0.15) is 38.1 Å². The molecular weight excluding hydrogens is 480 g/mol. The minimum absolute atomic E-state index is 0.185. The summed E-state index contributed by atoms with van der Waals surface area (Å²) in [4.78, 5) is 24.7. The van der Waals surface area contributed by atoms with Gasteiger partial charge in [-0.25, -0.2) is 14.6 Å². The van der Waals surface area contributed by atoms with Crippen LogP contribution in [0.4, 0.5) is 5.82 Å². The van der Waals surface area contributed by atoms with E-state index in [0.717, 1.165) is 35.1 Å². The van der Waals surface area contributed by atoms with E-state index in [9.17, 15) is 4.79 Å². The molecule has 1 saturated heterocycles. The van der Waals surface area contributed by atoms with Crippen molar-refractivity contribution in [2.45, 2.75) is 44.6 Å². The van der Waals surface area contributed by atoms with Crippen molar-refractivity contribution in [3.05, 3.63) is 30.0 Å². The van der Waals surface area contributed by atoms with Gasteiger partial charge in [-0.2, -0.15) is 5.10 Å². The van der Waals surface area contributed by atoms with E-state index in [1.165, 1.54) is 0 Å². The number of thioether (sulfide) groups is 1. The number of hydrogen-bond acceptors (Lipinski definition) is 9. The number of benzene rings is 1. The number of morpholine rings is 1. The van der Waals surface area contributed by atoms with Gasteiger partial charge in [0.15, 0.2) is 22.3 Å². The molecule has 36 heavy (non-hydrogen) atoms. The van der Waals surface area contributed by atoms with Crippen molar-refractivity contribution in [3.8, 4) is 11.5 Å². The number of nitrogens with zero attached hydrogens (tertiary/aromatic N) is 5. The molecule has 0 bridgehead atoms. The predicted molar refractivity (Wildman–Crippen MR) is 140 cm³/mol. The van der Waals surface area contributed by atoms with E-state index < -0.39 is 0 Å². The van der Waals surface area contributed by atoms with Gasteiger partial charge in [-0.05, 0) is 32.0 Å². The fraction of sp³-hybridized carbons (Fsp3) is 0.520. The lowest BCUT2D eigenvalue weighted by molar-refractivity contribution is 0.0951. The summed E-state index contributed by atoms with van der Waals surface area (Å²) < 4.78 is 18.6. The Hall–Kier alpha value is -3.05. The van der Waals surface area contributed by atoms with E-state index in [2.05, 4.69) is 29.2 Å². The van der Waals surface area contributed by atoms with E-state index in [0.29, 0.717) is 61.8 Å². The smallest absolute Gasteiger partial charge is 0.251 e. The van der Waals surface area contributed by atoms with Gasteiger partial charge >= 0.3 is 0 Å². The van der Waals surface area contributed by atoms with Crippen LogP contribution in [0.2, 0.25) is 0 Å². The van der Waals surface area contributed by atoms with Crippen LogP contribution in [0, 0.1) is 0 Å². The van der Waals surface area contributed by atoms with Crippen LogP contribution >= 0.6 is 11.8 Å². The lowest BCUT2D eigenvalue weighted by atomic mass is 10.2. The number of aromatic nitrogens is 4. The molecule has 1 amide bonds. The van der Waals surface area contributed by atoms with Crippen LogP contribution in [0.5, 0.6) is 11.5 Å². The maximum Gasteiger partial charge on any atom is 0.251 e. The fourth-order valence-electron chi connectivity index (χ4n) is 3.93. The van der Waals surface area contributed by atoms with Gasteiger partial charge in [0.2, 0.25) is 0 Å². The molecule has 0 spiro atoms. The van der Waals surface area contributed by atoms with Gasteiger partial charge in [-0.3, -0.25) is 4.79 Å². The minimum atomic E-state index is -0.185. The second-order valence-electron chi connectivity index (χ2n) is 8.48. The van der Waals surface area contributed by atoms with E-state index in [4.69, 9.17) is 24.2 Å². The molecule has 1 fully saturated rings. The van der Waals surface area contributed by atoms with E-state index >= 15 is 0 Å². The Kier molecular flexibility index (Phi) is 8.87. The third kappa shape index (κ3) is 6.19. The highest BCUT2D eigenvalue weighted by Gasteiger charge is 2.21. The van der Waals surface area contributed by atoms with Crippen molar-refractivity contribution in [2.24, 2.45) is 0 Å². The number of rotatable bonds is 11. The molecule has 0 radical (unpaired) electrons. The van der Waals surface area contributed by atoms with Gasteiger partial charge in [-0.15, -0.1) is 0 Å². The quantitative estimate of drug-likeness (QED) is 0.305. The Balaban J connectivity index is 1.49. The molecule has 1 N–H and O–H groups in total. The minimum Gasteiger partial charge on any atom is -0.490 e. The Labute approximate surface area is 215 Å². The molecule has 2 aromatic heterocycles. The summed E-state index contributed by atoms with van der Waals surface area (Å²) >= 11 is 1.63. The summed E-state index contributed by atoms with van der Waals surface area (Å²) in [5.74, 6) is 1.90. The summed E-state index contributed by atoms with van der Waals surface area (Å²) in [6, 6.07) is 5.22. The van der Waals surface area contributed by atoms with Gasteiger partial charge in [0.1, 0.15) is 5.82 Å². The third-order valence-electron chi connectivity index (χ3n) is 5.52. The zero-order valence-electron chi connectivity index (χ0n) is 21.3. The van der Waals surface area contributed by atoms with Gasteiger partial charge in [-0.1, -0.05) is 25.6 Å². The molecule has 3 aromatic rings. The van der Waals surface area contributed by atoms with Crippen molar-refractivity contribution in [2.75, 3.05) is 51.0 Å². The Morgan fingerprint density at radius 1 is 1.14 bits per heavy atom. The lowest BCUT2D eigenvalue weighted by Gasteiger charge is -2.28. The zero-order valence-corrected chi connectivity index (χ0v) is 22.1. The van der Waals surface area contributed by atoms with Gasteiger partial charge in [0, 0.05) is 30.4 Å². The first-order valence-corrected chi connectivity index (χ1v) is 13.3. The van der Waals surface area contributed by atoms with Crippen LogP contribution in [0.3, 0.4) is 0 Å². The summed E-state index contributed by atoms with van der Waals surface area (Å²) in [5.41, 5.74) is 1.28. The summed E-state index contributed by atoms with van der Waals surface area (Å²) in [5, 5.41) is 9.53. The van der Waals surface area contributed by atoms with Crippen LogP contribution < -0.4 is 19.7 Å². The highest BCUT2D eigenvalue weighted by Crippen LogP contribution is 2.30. The molecule has 194 valence electrons. The molecule has 1 aromatic carbocycles. The predicted octanol–water partition coefficient (Wildman–Crippen LogP) is 3.39. The number of carbonyl (C=O) groups is 1. The van der Waals surface area contributed by atoms with Crippen molar-refractivity contribution >= 4 is 34.5 Å². The molecular formula is C25H34N6O4S. The summed E-state index contributed by atoms with van der Waals surface area (Å²) in [6.07, 6.45) is 1.81. The summed E-state index contributed by atoms with van der Waals surface area (Å²) in [7, 11) is 0. The monoisotopic (exact) mass is 514 g/mol. The average molecular weight is 515 g/mol. The maximum atomic E-state index is 12.8. The molecule has 0 atom stereocenters. The van der Waals surface area contributed by atoms with E-state index in [-0.39, 0.29) is 5.91 Å². The fourth-order valence-corrected chi connectivity index (χ4v) is 4.63. The van der Waals surface area contributed by atoms with Crippen molar-refractivity contribution in [1.29, 1.82) is 0 Å². The van der Waals surface area contributed by atoms with Gasteiger partial charge in [0.25, 0.3) is 5.91 Å². The van der Waals surface area contributed by atoms with Crippen LogP contribution in [0.25, 0.3) is 11.0 Å². The molecule has 0 aliphatic carbocycles. The first-order valence-electron chi connectivity index (χ1n) is 12.4. The largest absolute Gasteiger partial charge is 0.490 e. The number of anilines is 1. The molecule has 1 aliphatic heterocycles. The highest BCUT2D eigenvalue weighted by molar-refractivity contribution is 7.99. The van der Waals surface area contributed by atoms with E-state index in [1.54, 1.807) is 30.0 Å². The normalized spacial score (nSPS) is 13.9. The third-order valence-corrected chi connectivity index (χ3v) is 6.39. The first kappa shape index (κ1) is 26.0. The molecule has 1 aliphatic rings. The maximum absolute atomic E-state index is 12.8. The number of nitrogens with one attached hydrogen (secondary N) is 1. The molecule has 10 nitrogen and oxygen atoms in total. The van der Waals surface area contributed by atoms with Crippen LogP contribution in [-0.2, 0) is 11.3 Å². The van der Waals surface area contributed by atoms with Crippen molar-refractivity contribution in [1.82, 2.24) is 25.1 Å². The topological polar surface area (TPSA) is 104 Å². The molecule has 3 heterocycles. The average Bonchev–Trinajstić information content (AvgIpc) is 3.27. The van der Waals surface area contributed by atoms with Crippen molar-refractivity contribution in [3.63, 3.8) is 0 Å².